The standard InChI is InChI=1S/C20H39O2S.2CH3.Sn.H/c1-2-3-4-5-6-7-8-9-10-11-12-13-14-15-16-17-18-22-20(21)19-23;;;;/h19,23H,2-18H2,1H3;2*1H3;;. The molecule has 0 aromatic rings. The fourth-order valence-electron chi connectivity index (χ4n) is 3.18. The third-order valence-corrected chi connectivity index (χ3v) is 13.7. The van der Waals surface area contributed by atoms with Gasteiger partial charge in [-0.05, 0) is 0 Å². The van der Waals surface area contributed by atoms with Gasteiger partial charge in [-0.15, -0.1) is 0 Å². The van der Waals surface area contributed by atoms with Crippen LogP contribution in [0, 0.1) is 0 Å². The van der Waals surface area contributed by atoms with E-state index in [1.54, 1.807) is 0 Å². The van der Waals surface area contributed by atoms with Crippen molar-refractivity contribution < 1.29 is 9.53 Å². The molecule has 0 fully saturated rings. The Morgan fingerprint density at radius 3 is 1.42 bits per heavy atom. The quantitative estimate of drug-likeness (QED) is 0.0898. The number of unbranched alkanes of at least 4 members (excludes halogenated alkanes) is 15. The number of hydrogen-bond acceptors (Lipinski definition) is 3. The predicted molar refractivity (Wildman–Crippen MR) is 122 cm³/mol. The Morgan fingerprint density at radius 1 is 0.731 bits per heavy atom. The van der Waals surface area contributed by atoms with Gasteiger partial charge in [0.25, 0.3) is 0 Å². The molecule has 0 heterocycles. The summed E-state index contributed by atoms with van der Waals surface area (Å²) >= 11 is 2.70. The van der Waals surface area contributed by atoms with E-state index in [1.807, 2.05) is 0 Å². The SMILES string of the molecule is CCCCCCCCCCCCCCCCCCOC(=O)[CH](S)[SnH]([CH3])[CH3]. The van der Waals surface area contributed by atoms with Crippen molar-refractivity contribution in [3.05, 3.63) is 0 Å². The van der Waals surface area contributed by atoms with Crippen LogP contribution in [0.4, 0.5) is 0 Å². The van der Waals surface area contributed by atoms with E-state index >= 15 is 0 Å². The van der Waals surface area contributed by atoms with Gasteiger partial charge < -0.3 is 0 Å². The van der Waals surface area contributed by atoms with Crippen molar-refractivity contribution in [1.29, 1.82) is 0 Å². The van der Waals surface area contributed by atoms with E-state index in [1.165, 1.54) is 96.3 Å². The zero-order valence-corrected chi connectivity index (χ0v) is 22.1. The predicted octanol–water partition coefficient (Wildman–Crippen LogP) is 7.12. The normalized spacial score (nSPS) is 12.5. The molecule has 0 N–H and O–H groups in total. The molecule has 1 unspecified atom stereocenters. The van der Waals surface area contributed by atoms with Gasteiger partial charge in [-0.2, -0.15) is 0 Å². The summed E-state index contributed by atoms with van der Waals surface area (Å²) in [4.78, 5) is 16.1. The molecule has 4 heteroatoms. The van der Waals surface area contributed by atoms with Gasteiger partial charge in [0, 0.05) is 0 Å². The molecule has 0 amide bonds. The summed E-state index contributed by atoms with van der Waals surface area (Å²) in [6.45, 7) is 2.87. The molecule has 0 aliphatic carbocycles. The maximum absolute atomic E-state index is 11.7. The Bertz CT molecular complexity index is 311. The van der Waals surface area contributed by atoms with E-state index in [0.717, 1.165) is 6.42 Å². The van der Waals surface area contributed by atoms with Crippen molar-refractivity contribution in [2.24, 2.45) is 0 Å². The van der Waals surface area contributed by atoms with Crippen LogP contribution in [0.2, 0.25) is 9.88 Å². The fraction of sp³-hybridized carbons (Fsp3) is 0.955. The van der Waals surface area contributed by atoms with E-state index in [9.17, 15) is 4.79 Å². The van der Waals surface area contributed by atoms with Crippen LogP contribution in [-0.4, -0.2) is 35.6 Å². The molecule has 0 aromatic carbocycles. The number of esters is 1. The average Bonchev–Trinajstić information content (AvgIpc) is 2.63. The van der Waals surface area contributed by atoms with Crippen molar-refractivity contribution in [1.82, 2.24) is 0 Å². The van der Waals surface area contributed by atoms with Crippen molar-refractivity contribution in [3.8, 4) is 0 Å². The van der Waals surface area contributed by atoms with Crippen LogP contribution in [0.25, 0.3) is 0 Å². The molecular weight excluding hydrogens is 447 g/mol. The molecule has 1 atom stereocenters. The number of carbonyl (C=O) groups is 1. The topological polar surface area (TPSA) is 26.3 Å². The molecule has 156 valence electrons. The Morgan fingerprint density at radius 2 is 1.08 bits per heavy atom. The van der Waals surface area contributed by atoms with Crippen molar-refractivity contribution >= 4 is 38.4 Å². The van der Waals surface area contributed by atoms with Crippen molar-refractivity contribution in [3.63, 3.8) is 0 Å². The second kappa shape index (κ2) is 20.4. The summed E-state index contributed by atoms with van der Waals surface area (Å²) in [6.07, 6.45) is 21.9. The first-order chi connectivity index (χ1) is 12.6. The minimum absolute atomic E-state index is 0.0694. The van der Waals surface area contributed by atoms with Gasteiger partial charge in [0.2, 0.25) is 0 Å². The van der Waals surface area contributed by atoms with Crippen LogP contribution in [0.5, 0.6) is 0 Å². The van der Waals surface area contributed by atoms with Gasteiger partial charge >= 0.3 is 119 Å². The zero-order chi connectivity index (χ0) is 19.5. The summed E-state index contributed by atoms with van der Waals surface area (Å²) in [5, 5.41) is 0. The van der Waals surface area contributed by atoms with E-state index in [0.29, 0.717) is 6.61 Å². The summed E-state index contributed by atoms with van der Waals surface area (Å²) in [7, 11) is 0. The van der Waals surface area contributed by atoms with Crippen LogP contribution in [0.3, 0.4) is 0 Å². The van der Waals surface area contributed by atoms with E-state index in [4.69, 9.17) is 4.74 Å². The first-order valence-corrected chi connectivity index (χ1v) is 20.4. The Kier molecular flexibility index (Phi) is 20.8. The maximum atomic E-state index is 11.7. The Hall–Kier alpha value is 0.619. The first kappa shape index (κ1) is 26.6. The Labute approximate surface area is 176 Å². The average molecular weight is 493 g/mol. The molecule has 0 radical (unpaired) electrons. The number of thiol groups is 1. The molecule has 0 rings (SSSR count). The second-order valence-electron chi connectivity index (χ2n) is 8.16. The summed E-state index contributed by atoms with van der Waals surface area (Å²) in [5.74, 6) is -0.0694. The van der Waals surface area contributed by atoms with Gasteiger partial charge in [0.15, 0.2) is 0 Å². The van der Waals surface area contributed by atoms with Gasteiger partial charge in [-0.1, -0.05) is 58.3 Å². The number of ether oxygens (including phenoxy) is 1. The monoisotopic (exact) mass is 494 g/mol. The van der Waals surface area contributed by atoms with Gasteiger partial charge in [-0.25, -0.2) is 0 Å². The number of hydrogen-bond donors (Lipinski definition) is 1. The van der Waals surface area contributed by atoms with Gasteiger partial charge in [0.1, 0.15) is 0 Å². The van der Waals surface area contributed by atoms with Gasteiger partial charge in [-0.3, -0.25) is 0 Å². The number of carbonyl (C=O) groups excluding carboxylic acids is 1. The zero-order valence-electron chi connectivity index (χ0n) is 17.9. The molecule has 0 aromatic heterocycles. The molecule has 0 bridgehead atoms. The molecule has 0 aliphatic heterocycles. The first-order valence-electron chi connectivity index (χ1n) is 11.4. The second-order valence-corrected chi connectivity index (χ2v) is 19.3. The van der Waals surface area contributed by atoms with Gasteiger partial charge in [0.05, 0.1) is 0 Å². The molecule has 0 spiro atoms. The van der Waals surface area contributed by atoms with Crippen LogP contribution in [0.15, 0.2) is 0 Å². The van der Waals surface area contributed by atoms with Crippen LogP contribution in [0.1, 0.15) is 110 Å². The van der Waals surface area contributed by atoms with E-state index < -0.39 is 19.8 Å². The summed E-state index contributed by atoms with van der Waals surface area (Å²) < 4.78 is 5.25. The minimum atomic E-state index is -1.68. The third-order valence-electron chi connectivity index (χ3n) is 5.12. The third kappa shape index (κ3) is 18.0. The molecular formula is C22H46O2SSn. The van der Waals surface area contributed by atoms with Crippen LogP contribution >= 0.6 is 12.6 Å². The molecule has 0 saturated carbocycles. The Balaban J connectivity index is 3.15. The molecule has 0 saturated heterocycles. The van der Waals surface area contributed by atoms with Crippen LogP contribution in [-0.2, 0) is 9.53 Å². The van der Waals surface area contributed by atoms with E-state index in [-0.39, 0.29) is 9.24 Å². The summed E-state index contributed by atoms with van der Waals surface area (Å²) in [6, 6.07) is 0. The van der Waals surface area contributed by atoms with E-state index in [2.05, 4.69) is 29.4 Å². The van der Waals surface area contributed by atoms with Crippen molar-refractivity contribution in [2.45, 2.75) is 123 Å². The van der Waals surface area contributed by atoms with Crippen molar-refractivity contribution in [2.75, 3.05) is 6.61 Å². The molecule has 2 nitrogen and oxygen atoms in total. The molecule has 26 heavy (non-hydrogen) atoms. The molecule has 0 aliphatic rings. The number of rotatable bonds is 19. The summed E-state index contributed by atoms with van der Waals surface area (Å²) in [5.41, 5.74) is 0. The fourth-order valence-corrected chi connectivity index (χ4v) is 5.08. The van der Waals surface area contributed by atoms with Crippen LogP contribution < -0.4 is 0 Å².